The van der Waals surface area contributed by atoms with Crippen molar-refractivity contribution in [2.75, 3.05) is 5.32 Å². The molecular weight excluding hydrogens is 478 g/mol. The van der Waals surface area contributed by atoms with E-state index in [9.17, 15) is 14.4 Å². The molecule has 2 aromatic carbocycles. The van der Waals surface area contributed by atoms with Gasteiger partial charge < -0.3 is 20.3 Å². The molecule has 0 spiro atoms. The normalized spacial score (nSPS) is 13.4. The minimum atomic E-state index is -0.932. The van der Waals surface area contributed by atoms with Gasteiger partial charge in [0.25, 0.3) is 5.91 Å². The predicted molar refractivity (Wildman–Crippen MR) is 153 cm³/mol. The highest BCUT2D eigenvalue weighted by Crippen LogP contribution is 2.33. The molecule has 2 N–H and O–H groups in total. The van der Waals surface area contributed by atoms with E-state index in [-0.39, 0.29) is 17.7 Å². The third-order valence-corrected chi connectivity index (χ3v) is 6.05. The lowest BCUT2D eigenvalue weighted by molar-refractivity contribution is -0.147. The molecular formula is C31H45N3O4. The highest BCUT2D eigenvalue weighted by atomic mass is 16.6. The number of rotatable bonds is 8. The summed E-state index contributed by atoms with van der Waals surface area (Å²) in [5.41, 5.74) is 1.75. The second kappa shape index (κ2) is 12.5. The summed E-state index contributed by atoms with van der Waals surface area (Å²) in [7, 11) is 0. The largest absolute Gasteiger partial charge is 0.444 e. The average Bonchev–Trinajstić information content (AvgIpc) is 2.76. The number of hydrogen-bond donors (Lipinski definition) is 2. The van der Waals surface area contributed by atoms with Crippen LogP contribution in [-0.4, -0.2) is 40.0 Å². The van der Waals surface area contributed by atoms with Crippen molar-refractivity contribution in [3.05, 3.63) is 65.2 Å². The van der Waals surface area contributed by atoms with Crippen molar-refractivity contribution in [1.29, 1.82) is 0 Å². The van der Waals surface area contributed by atoms with Crippen LogP contribution >= 0.6 is 0 Å². The van der Waals surface area contributed by atoms with E-state index >= 15 is 0 Å². The van der Waals surface area contributed by atoms with Crippen LogP contribution in [0.3, 0.4) is 0 Å². The number of alkyl carbamates (subject to hydrolysis) is 1. The van der Waals surface area contributed by atoms with Gasteiger partial charge in [0, 0.05) is 11.2 Å². The first-order valence-corrected chi connectivity index (χ1v) is 13.3. The zero-order valence-electron chi connectivity index (χ0n) is 24.6. The second-order valence-electron chi connectivity index (χ2n) is 12.3. The summed E-state index contributed by atoms with van der Waals surface area (Å²) in [6, 6.07) is 13.3. The van der Waals surface area contributed by atoms with Crippen LogP contribution in [0, 0.1) is 19.8 Å². The van der Waals surface area contributed by atoms with E-state index < -0.39 is 29.3 Å². The number of aryl methyl sites for hydroxylation is 2. The fourth-order valence-electron chi connectivity index (χ4n) is 4.36. The molecule has 0 saturated carbocycles. The number of ether oxygens (including phenoxy) is 1. The van der Waals surface area contributed by atoms with Gasteiger partial charge in [-0.2, -0.15) is 0 Å². The monoisotopic (exact) mass is 523 g/mol. The van der Waals surface area contributed by atoms with Crippen molar-refractivity contribution in [2.24, 2.45) is 5.92 Å². The molecule has 0 aliphatic heterocycles. The summed E-state index contributed by atoms with van der Waals surface area (Å²) in [6.45, 7) is 18.9. The quantitative estimate of drug-likeness (QED) is 0.411. The summed E-state index contributed by atoms with van der Waals surface area (Å²) in [5, 5.41) is 5.84. The fraction of sp³-hybridized carbons (Fsp3) is 0.516. The SMILES string of the molecule is Cc1ccccc1NC(=O)C(c1ccccc1C)N(C(=O)C(CC(C)C)NC(=O)OC(C)(C)C)C(C)(C)C. The number of amides is 3. The number of para-hydroxylation sites is 1. The van der Waals surface area contributed by atoms with Crippen LogP contribution in [0.1, 0.15) is 84.5 Å². The highest BCUT2D eigenvalue weighted by molar-refractivity contribution is 5.99. The third-order valence-electron chi connectivity index (χ3n) is 6.05. The number of nitrogens with zero attached hydrogens (tertiary/aromatic N) is 1. The molecule has 7 nitrogen and oxygen atoms in total. The summed E-state index contributed by atoms with van der Waals surface area (Å²) < 4.78 is 5.47. The summed E-state index contributed by atoms with van der Waals surface area (Å²) >= 11 is 0. The lowest BCUT2D eigenvalue weighted by Gasteiger charge is -2.43. The zero-order valence-corrected chi connectivity index (χ0v) is 24.6. The molecule has 0 fully saturated rings. The van der Waals surface area contributed by atoms with E-state index in [1.807, 2.05) is 97.0 Å². The van der Waals surface area contributed by atoms with E-state index in [2.05, 4.69) is 10.6 Å². The molecule has 0 saturated heterocycles. The molecule has 0 bridgehead atoms. The van der Waals surface area contributed by atoms with Crippen LogP contribution in [0.2, 0.25) is 0 Å². The van der Waals surface area contributed by atoms with E-state index in [1.54, 1.807) is 25.7 Å². The molecule has 2 atom stereocenters. The third kappa shape index (κ3) is 8.61. The molecule has 0 aromatic heterocycles. The maximum absolute atomic E-state index is 14.4. The molecule has 2 aromatic rings. The Morgan fingerprint density at radius 1 is 0.868 bits per heavy atom. The van der Waals surface area contributed by atoms with Gasteiger partial charge in [-0.25, -0.2) is 4.79 Å². The zero-order chi connectivity index (χ0) is 28.8. The number of nitrogens with one attached hydrogen (secondary N) is 2. The van der Waals surface area contributed by atoms with Gasteiger partial charge in [-0.15, -0.1) is 0 Å². The molecule has 2 unspecified atom stereocenters. The molecule has 3 amide bonds. The van der Waals surface area contributed by atoms with Crippen LogP contribution in [-0.2, 0) is 14.3 Å². The first-order valence-electron chi connectivity index (χ1n) is 13.3. The molecule has 0 heterocycles. The standard InChI is InChI=1S/C31H45N3O4/c1-20(2)19-25(33-29(37)38-31(8,9)10)28(36)34(30(5,6)7)26(23-17-13-11-15-21(23)3)27(35)32-24-18-14-12-16-22(24)4/h11-18,20,25-26H,19H2,1-10H3,(H,32,35)(H,33,37). The lowest BCUT2D eigenvalue weighted by atomic mass is 9.91. The Labute approximate surface area is 228 Å². The van der Waals surface area contributed by atoms with E-state index in [0.717, 1.165) is 16.7 Å². The van der Waals surface area contributed by atoms with E-state index in [0.29, 0.717) is 12.1 Å². The van der Waals surface area contributed by atoms with Crippen molar-refractivity contribution in [3.8, 4) is 0 Å². The lowest BCUT2D eigenvalue weighted by Crippen LogP contribution is -2.58. The Bertz CT molecular complexity index is 1130. The summed E-state index contributed by atoms with van der Waals surface area (Å²) in [4.78, 5) is 42.8. The Morgan fingerprint density at radius 3 is 1.92 bits per heavy atom. The predicted octanol–water partition coefficient (Wildman–Crippen LogP) is 6.55. The summed E-state index contributed by atoms with van der Waals surface area (Å²) in [5.74, 6) is -0.555. The van der Waals surface area contributed by atoms with Crippen LogP contribution in [0.5, 0.6) is 0 Å². The van der Waals surface area contributed by atoms with Crippen molar-refractivity contribution < 1.29 is 19.1 Å². The molecule has 2 rings (SSSR count). The first-order chi connectivity index (χ1) is 17.5. The molecule has 38 heavy (non-hydrogen) atoms. The first kappa shape index (κ1) is 30.9. The van der Waals surface area contributed by atoms with Gasteiger partial charge in [0.2, 0.25) is 5.91 Å². The molecule has 0 aliphatic carbocycles. The van der Waals surface area contributed by atoms with Crippen LogP contribution in [0.15, 0.2) is 48.5 Å². The number of carbonyl (C=O) groups is 3. The van der Waals surface area contributed by atoms with Gasteiger partial charge in [0.05, 0.1) is 0 Å². The van der Waals surface area contributed by atoms with Gasteiger partial charge >= 0.3 is 6.09 Å². The van der Waals surface area contributed by atoms with Crippen LogP contribution in [0.25, 0.3) is 0 Å². The number of carbonyl (C=O) groups excluding carboxylic acids is 3. The van der Waals surface area contributed by atoms with Gasteiger partial charge in [0.15, 0.2) is 0 Å². The van der Waals surface area contributed by atoms with Crippen molar-refractivity contribution in [3.63, 3.8) is 0 Å². The maximum Gasteiger partial charge on any atom is 0.408 e. The fourth-order valence-corrected chi connectivity index (χ4v) is 4.36. The van der Waals surface area contributed by atoms with Crippen LogP contribution in [0.4, 0.5) is 10.5 Å². The Morgan fingerprint density at radius 2 is 1.42 bits per heavy atom. The minimum Gasteiger partial charge on any atom is -0.444 e. The number of anilines is 1. The molecule has 0 aliphatic rings. The molecule has 0 radical (unpaired) electrons. The Balaban J connectivity index is 2.61. The van der Waals surface area contributed by atoms with Gasteiger partial charge in [0.1, 0.15) is 17.7 Å². The van der Waals surface area contributed by atoms with Crippen molar-refractivity contribution in [2.45, 2.75) is 98.9 Å². The molecule has 208 valence electrons. The van der Waals surface area contributed by atoms with Gasteiger partial charge in [-0.3, -0.25) is 9.59 Å². The molecule has 7 heteroatoms. The average molecular weight is 524 g/mol. The van der Waals surface area contributed by atoms with Crippen LogP contribution < -0.4 is 10.6 Å². The van der Waals surface area contributed by atoms with E-state index in [1.165, 1.54) is 0 Å². The Kier molecular flexibility index (Phi) is 10.1. The van der Waals surface area contributed by atoms with Gasteiger partial charge in [-0.1, -0.05) is 56.3 Å². The number of hydrogen-bond acceptors (Lipinski definition) is 4. The van der Waals surface area contributed by atoms with Gasteiger partial charge in [-0.05, 0) is 90.5 Å². The Hall–Kier alpha value is -3.35. The van der Waals surface area contributed by atoms with Crippen molar-refractivity contribution in [1.82, 2.24) is 10.2 Å². The minimum absolute atomic E-state index is 0.110. The smallest absolute Gasteiger partial charge is 0.408 e. The number of benzene rings is 2. The topological polar surface area (TPSA) is 87.7 Å². The maximum atomic E-state index is 14.4. The van der Waals surface area contributed by atoms with Crippen molar-refractivity contribution >= 4 is 23.6 Å². The second-order valence-corrected chi connectivity index (χ2v) is 12.3. The van der Waals surface area contributed by atoms with E-state index in [4.69, 9.17) is 4.74 Å². The summed E-state index contributed by atoms with van der Waals surface area (Å²) in [6.07, 6.45) is -0.271. The highest BCUT2D eigenvalue weighted by Gasteiger charge is 2.42.